The summed E-state index contributed by atoms with van der Waals surface area (Å²) in [7, 11) is 0. The summed E-state index contributed by atoms with van der Waals surface area (Å²) in [5, 5.41) is 17.3. The van der Waals surface area contributed by atoms with E-state index in [2.05, 4.69) is 25.9 Å². The number of carbonyl (C=O) groups is 1. The fourth-order valence-electron chi connectivity index (χ4n) is 4.59. The Morgan fingerprint density at radius 3 is 2.59 bits per heavy atom. The fourth-order valence-corrected chi connectivity index (χ4v) is 4.59. The van der Waals surface area contributed by atoms with Gasteiger partial charge >= 0.3 is 6.18 Å². The maximum absolute atomic E-state index is 13.2. The zero-order valence-electron chi connectivity index (χ0n) is 20.9. The van der Waals surface area contributed by atoms with Crippen LogP contribution in [0.25, 0.3) is 11.1 Å². The third-order valence-corrected chi connectivity index (χ3v) is 6.45. The normalized spacial score (nSPS) is 18.1. The second-order valence-corrected chi connectivity index (χ2v) is 9.71. The van der Waals surface area contributed by atoms with E-state index in [1.807, 2.05) is 56.3 Å². The first-order chi connectivity index (χ1) is 17.6. The molecule has 1 atom stereocenters. The van der Waals surface area contributed by atoms with Gasteiger partial charge in [-0.25, -0.2) is 0 Å². The molecule has 0 spiro atoms. The minimum atomic E-state index is -4.17. The molecule has 2 aromatic carbocycles. The topological polar surface area (TPSA) is 92.8 Å². The van der Waals surface area contributed by atoms with Crippen LogP contribution in [-0.4, -0.2) is 44.9 Å². The van der Waals surface area contributed by atoms with Crippen molar-refractivity contribution >= 4 is 17.1 Å². The molecule has 0 radical (unpaired) electrons. The van der Waals surface area contributed by atoms with E-state index in [0.717, 1.165) is 41.5 Å². The van der Waals surface area contributed by atoms with Crippen LogP contribution in [0.4, 0.5) is 13.2 Å². The van der Waals surface area contributed by atoms with Crippen LogP contribution in [-0.2, 0) is 11.2 Å². The van der Waals surface area contributed by atoms with Crippen LogP contribution in [0.3, 0.4) is 0 Å². The smallest absolute Gasteiger partial charge is 0.389 e. The number of amides is 1. The summed E-state index contributed by atoms with van der Waals surface area (Å²) in [4.78, 5) is 13.2. The number of tetrazole rings is 1. The van der Waals surface area contributed by atoms with E-state index in [1.54, 1.807) is 6.07 Å². The van der Waals surface area contributed by atoms with E-state index in [-0.39, 0.29) is 24.8 Å². The van der Waals surface area contributed by atoms with Crippen LogP contribution < -0.4 is 10.1 Å². The molecule has 0 bridgehead atoms. The van der Waals surface area contributed by atoms with E-state index in [9.17, 15) is 18.0 Å². The Morgan fingerprint density at radius 1 is 1.11 bits per heavy atom. The van der Waals surface area contributed by atoms with Crippen molar-refractivity contribution in [3.05, 3.63) is 71.0 Å². The highest BCUT2D eigenvalue weighted by Crippen LogP contribution is 2.38. The molecule has 4 rings (SSSR count). The third kappa shape index (κ3) is 7.18. The number of aryl methyl sites for hydroxylation is 2. The van der Waals surface area contributed by atoms with Crippen molar-refractivity contribution < 1.29 is 22.7 Å². The number of alkyl halides is 3. The molecule has 2 N–H and O–H groups in total. The average molecular weight is 514 g/mol. The Bertz CT molecular complexity index is 1240. The molecular formula is C27H30F3N5O2. The number of aromatic nitrogens is 4. The lowest BCUT2D eigenvalue weighted by atomic mass is 9.79. The minimum absolute atomic E-state index is 0.0178. The highest BCUT2D eigenvalue weighted by atomic mass is 19.4. The van der Waals surface area contributed by atoms with Gasteiger partial charge in [0.1, 0.15) is 5.75 Å². The predicted molar refractivity (Wildman–Crippen MR) is 133 cm³/mol. The minimum Gasteiger partial charge on any atom is -0.494 e. The maximum atomic E-state index is 13.2. The Balaban J connectivity index is 1.41. The van der Waals surface area contributed by atoms with Crippen molar-refractivity contribution in [2.75, 3.05) is 6.61 Å². The van der Waals surface area contributed by atoms with E-state index in [4.69, 9.17) is 4.74 Å². The molecule has 0 saturated heterocycles. The van der Waals surface area contributed by atoms with Gasteiger partial charge in [-0.2, -0.15) is 18.4 Å². The van der Waals surface area contributed by atoms with Crippen LogP contribution in [0.5, 0.6) is 5.75 Å². The van der Waals surface area contributed by atoms with Crippen molar-refractivity contribution in [1.29, 1.82) is 0 Å². The van der Waals surface area contributed by atoms with Crippen molar-refractivity contribution in [2.24, 2.45) is 0 Å². The molecule has 2 heterocycles. The summed E-state index contributed by atoms with van der Waals surface area (Å²) < 4.78 is 42.5. The van der Waals surface area contributed by atoms with Crippen LogP contribution in [0.15, 0.2) is 48.5 Å². The molecule has 1 aliphatic heterocycles. The summed E-state index contributed by atoms with van der Waals surface area (Å²) in [6, 6.07) is 15.5. The number of halogens is 3. The molecule has 3 aromatic rings. The first kappa shape index (κ1) is 26.4. The molecule has 1 amide bonds. The maximum Gasteiger partial charge on any atom is 0.389 e. The standard InChI is InChI=1S/C27H30F3N5O2/c1-18-9-11-20(12-10-18)22-17-26(2,31-25(36)23(22)24-32-34-35-33-24)13-4-7-19-6-3-8-21(16-19)37-15-5-14-27(28,29)30/h3,6,8-12,16H,4-5,7,13-15,17H2,1-2H3,(H,31,36)(H,32,33,34,35)/t26-/m0/s1. The number of hydrogen-bond acceptors (Lipinski definition) is 5. The summed E-state index contributed by atoms with van der Waals surface area (Å²) >= 11 is 0. The highest BCUT2D eigenvalue weighted by molar-refractivity contribution is 6.27. The van der Waals surface area contributed by atoms with Gasteiger partial charge in [-0.15, -0.1) is 10.2 Å². The molecule has 10 heteroatoms. The number of hydrogen-bond donors (Lipinski definition) is 2. The molecule has 37 heavy (non-hydrogen) atoms. The zero-order valence-corrected chi connectivity index (χ0v) is 20.9. The quantitative estimate of drug-likeness (QED) is 0.352. The van der Waals surface area contributed by atoms with Crippen molar-refractivity contribution in [2.45, 2.75) is 64.1 Å². The van der Waals surface area contributed by atoms with Crippen molar-refractivity contribution in [1.82, 2.24) is 25.9 Å². The summed E-state index contributed by atoms with van der Waals surface area (Å²) in [5.41, 5.74) is 3.92. The molecular weight excluding hydrogens is 483 g/mol. The van der Waals surface area contributed by atoms with Gasteiger partial charge in [-0.3, -0.25) is 4.79 Å². The lowest BCUT2D eigenvalue weighted by molar-refractivity contribution is -0.136. The molecule has 0 aliphatic carbocycles. The number of benzene rings is 2. The summed E-state index contributed by atoms with van der Waals surface area (Å²) in [5.74, 6) is 0.591. The number of H-pyrrole nitrogens is 1. The second-order valence-electron chi connectivity index (χ2n) is 9.71. The third-order valence-electron chi connectivity index (χ3n) is 6.45. The Labute approximate surface area is 213 Å². The molecule has 0 saturated carbocycles. The van der Waals surface area contributed by atoms with Gasteiger partial charge < -0.3 is 10.1 Å². The van der Waals surface area contributed by atoms with Gasteiger partial charge in [0.25, 0.3) is 5.91 Å². The van der Waals surface area contributed by atoms with E-state index >= 15 is 0 Å². The van der Waals surface area contributed by atoms with Crippen LogP contribution in [0.1, 0.15) is 61.5 Å². The van der Waals surface area contributed by atoms with Gasteiger partial charge in [0.2, 0.25) is 5.82 Å². The highest BCUT2D eigenvalue weighted by Gasteiger charge is 2.37. The molecule has 1 aliphatic rings. The number of nitrogens with zero attached hydrogens (tertiary/aromatic N) is 3. The largest absolute Gasteiger partial charge is 0.494 e. The van der Waals surface area contributed by atoms with E-state index in [1.165, 1.54) is 0 Å². The monoisotopic (exact) mass is 513 g/mol. The van der Waals surface area contributed by atoms with Gasteiger partial charge in [0.15, 0.2) is 0 Å². The molecule has 0 unspecified atom stereocenters. The number of rotatable bonds is 10. The van der Waals surface area contributed by atoms with Gasteiger partial charge in [0, 0.05) is 12.0 Å². The van der Waals surface area contributed by atoms with Crippen molar-refractivity contribution in [3.8, 4) is 5.75 Å². The van der Waals surface area contributed by atoms with Gasteiger partial charge in [0.05, 0.1) is 12.2 Å². The van der Waals surface area contributed by atoms with Crippen molar-refractivity contribution in [3.63, 3.8) is 0 Å². The van der Waals surface area contributed by atoms with E-state index in [0.29, 0.717) is 17.7 Å². The summed E-state index contributed by atoms with van der Waals surface area (Å²) in [6.07, 6.45) is -2.23. The van der Waals surface area contributed by atoms with Crippen LogP contribution in [0.2, 0.25) is 0 Å². The number of carbonyl (C=O) groups excluding carboxylic acids is 1. The SMILES string of the molecule is Cc1ccc(C2=C(c3nn[nH]n3)C(=O)N[C@@](C)(CCCc3cccc(OCCCC(F)(F)F)c3)C2)cc1. The lowest BCUT2D eigenvalue weighted by Gasteiger charge is -2.37. The first-order valence-corrected chi connectivity index (χ1v) is 12.3. The number of aromatic amines is 1. The fraction of sp³-hybridized carbons (Fsp3) is 0.407. The van der Waals surface area contributed by atoms with E-state index < -0.39 is 18.1 Å². The average Bonchev–Trinajstić information content (AvgIpc) is 3.36. The van der Waals surface area contributed by atoms with Crippen LogP contribution >= 0.6 is 0 Å². The van der Waals surface area contributed by atoms with Gasteiger partial charge in [-0.1, -0.05) is 42.0 Å². The predicted octanol–water partition coefficient (Wildman–Crippen LogP) is 5.44. The Hall–Kier alpha value is -3.69. The lowest BCUT2D eigenvalue weighted by Crippen LogP contribution is -2.49. The molecule has 196 valence electrons. The number of nitrogens with one attached hydrogen (secondary N) is 2. The molecule has 0 fully saturated rings. The first-order valence-electron chi connectivity index (χ1n) is 12.3. The van der Waals surface area contributed by atoms with Gasteiger partial charge in [-0.05, 0) is 80.0 Å². The van der Waals surface area contributed by atoms with Crippen LogP contribution in [0, 0.1) is 6.92 Å². The Morgan fingerprint density at radius 2 is 1.89 bits per heavy atom. The molecule has 1 aromatic heterocycles. The molecule has 7 nitrogen and oxygen atoms in total. The number of ether oxygens (including phenoxy) is 1. The Kier molecular flexibility index (Phi) is 7.94. The second kappa shape index (κ2) is 11.1. The zero-order chi connectivity index (χ0) is 26.5. The summed E-state index contributed by atoms with van der Waals surface area (Å²) in [6.45, 7) is 4.06.